The van der Waals surface area contributed by atoms with E-state index in [9.17, 15) is 19.7 Å². The Balaban J connectivity index is 1.37. The van der Waals surface area contributed by atoms with E-state index in [1.165, 1.54) is 35.0 Å². The third kappa shape index (κ3) is 5.03. The van der Waals surface area contributed by atoms with Crippen molar-refractivity contribution in [3.05, 3.63) is 111 Å². The van der Waals surface area contributed by atoms with Crippen molar-refractivity contribution in [1.82, 2.24) is 4.90 Å². The molecule has 0 radical (unpaired) electrons. The van der Waals surface area contributed by atoms with Crippen LogP contribution in [0.2, 0.25) is 0 Å². The Bertz CT molecular complexity index is 1420. The average molecular weight is 530 g/mol. The number of nitro benzene ring substituents is 1. The van der Waals surface area contributed by atoms with Gasteiger partial charge in [0.25, 0.3) is 11.6 Å². The van der Waals surface area contributed by atoms with Crippen molar-refractivity contribution in [3.63, 3.8) is 0 Å². The molecule has 0 saturated carbocycles. The van der Waals surface area contributed by atoms with Crippen LogP contribution in [0.25, 0.3) is 5.57 Å². The first kappa shape index (κ1) is 25.2. The molecule has 3 aromatic rings. The smallest absolute Gasteiger partial charge is 0.355 e. The molecule has 0 aromatic heterocycles. The molecule has 0 unspecified atom stereocenters. The molecule has 1 fully saturated rings. The van der Waals surface area contributed by atoms with E-state index >= 15 is 0 Å². The summed E-state index contributed by atoms with van der Waals surface area (Å²) in [6.45, 7) is 0.0516. The van der Waals surface area contributed by atoms with E-state index in [0.29, 0.717) is 17.1 Å². The summed E-state index contributed by atoms with van der Waals surface area (Å²) >= 11 is 1.53. The fourth-order valence-corrected chi connectivity index (χ4v) is 5.61. The number of nitrogens with zero attached hydrogens (tertiary/aromatic N) is 3. The maximum Gasteiger partial charge on any atom is 0.355 e. The zero-order valence-electron chi connectivity index (χ0n) is 20.4. The molecule has 0 aliphatic carbocycles. The number of non-ortho nitro benzene ring substituents is 1. The quantitative estimate of drug-likeness (QED) is 0.139. The Kier molecular flexibility index (Phi) is 7.23. The van der Waals surface area contributed by atoms with Crippen molar-refractivity contribution in [2.24, 2.45) is 4.99 Å². The summed E-state index contributed by atoms with van der Waals surface area (Å²) in [7, 11) is 1.58. The van der Waals surface area contributed by atoms with Crippen LogP contribution in [0.3, 0.4) is 0 Å². The van der Waals surface area contributed by atoms with Crippen LogP contribution in [0.1, 0.15) is 16.7 Å². The second-order valence-corrected chi connectivity index (χ2v) is 9.70. The number of amides is 1. The van der Waals surface area contributed by atoms with E-state index in [0.717, 1.165) is 16.7 Å². The largest absolute Gasteiger partial charge is 0.497 e. The Labute approximate surface area is 222 Å². The van der Waals surface area contributed by atoms with E-state index in [4.69, 9.17) is 9.47 Å². The van der Waals surface area contributed by atoms with Gasteiger partial charge in [-0.3, -0.25) is 24.8 Å². The second-order valence-electron chi connectivity index (χ2n) is 8.60. The molecule has 0 spiro atoms. The molecule has 2 heterocycles. The normalized spacial score (nSPS) is 18.7. The number of methoxy groups -OCH3 is 1. The first-order valence-corrected chi connectivity index (χ1v) is 12.8. The van der Waals surface area contributed by atoms with Crippen LogP contribution in [-0.2, 0) is 20.9 Å². The lowest BCUT2D eigenvalue weighted by Crippen LogP contribution is -2.64. The SMILES string of the molecule is COc1ccc(COC(=O)C2=C(c3ccccc3)CS[C@@H]3[C@@H](N=Cc4ccc([N+](=O)[O-])cc4)C(=O)N23)cc1. The number of rotatable bonds is 8. The number of esters is 1. The number of fused-ring (bicyclic) bond motifs is 1. The van der Waals surface area contributed by atoms with Crippen LogP contribution in [0, 0.1) is 10.1 Å². The minimum atomic E-state index is -0.670. The van der Waals surface area contributed by atoms with Crippen molar-refractivity contribution in [2.45, 2.75) is 18.0 Å². The van der Waals surface area contributed by atoms with E-state index in [1.807, 2.05) is 42.5 Å². The van der Waals surface area contributed by atoms with Gasteiger partial charge in [0.05, 0.1) is 12.0 Å². The number of nitro groups is 1. The first-order valence-electron chi connectivity index (χ1n) is 11.8. The van der Waals surface area contributed by atoms with Gasteiger partial charge in [0.15, 0.2) is 6.04 Å². The van der Waals surface area contributed by atoms with Crippen molar-refractivity contribution in [2.75, 3.05) is 12.9 Å². The van der Waals surface area contributed by atoms with E-state index in [2.05, 4.69) is 4.99 Å². The lowest BCUT2D eigenvalue weighted by Gasteiger charge is -2.48. The summed E-state index contributed by atoms with van der Waals surface area (Å²) in [5, 5.41) is 10.5. The number of hydrogen-bond acceptors (Lipinski definition) is 8. The molecule has 0 N–H and O–H groups in total. The highest BCUT2D eigenvalue weighted by Crippen LogP contribution is 2.44. The molecule has 2 aliphatic heterocycles. The molecule has 1 amide bonds. The summed E-state index contributed by atoms with van der Waals surface area (Å²) < 4.78 is 10.8. The van der Waals surface area contributed by atoms with Crippen molar-refractivity contribution < 1.29 is 24.0 Å². The first-order chi connectivity index (χ1) is 18.5. The van der Waals surface area contributed by atoms with E-state index in [-0.39, 0.29) is 29.3 Å². The number of β-lactam (4-membered cyclic amide) rings is 1. The molecule has 1 saturated heterocycles. The summed E-state index contributed by atoms with van der Waals surface area (Å²) in [5.74, 6) is 0.337. The molecule has 0 bridgehead atoms. The molecular formula is C28H23N3O6S. The van der Waals surface area contributed by atoms with Gasteiger partial charge in [0, 0.05) is 29.7 Å². The summed E-state index contributed by atoms with van der Waals surface area (Å²) in [5.41, 5.74) is 3.23. The van der Waals surface area contributed by atoms with Crippen molar-refractivity contribution in [3.8, 4) is 5.75 Å². The number of carbonyl (C=O) groups excluding carboxylic acids is 2. The number of hydrogen-bond donors (Lipinski definition) is 0. The summed E-state index contributed by atoms with van der Waals surface area (Å²) in [6, 6.07) is 21.9. The Morgan fingerprint density at radius 3 is 2.47 bits per heavy atom. The molecule has 2 aliphatic rings. The number of aliphatic imine (C=N–C) groups is 1. The third-order valence-electron chi connectivity index (χ3n) is 6.27. The van der Waals surface area contributed by atoms with Crippen molar-refractivity contribution in [1.29, 1.82) is 0 Å². The highest BCUT2D eigenvalue weighted by atomic mass is 32.2. The van der Waals surface area contributed by atoms with Crippen LogP contribution in [0.15, 0.2) is 89.6 Å². The van der Waals surface area contributed by atoms with Crippen LogP contribution in [0.5, 0.6) is 5.75 Å². The fraction of sp³-hybridized carbons (Fsp3) is 0.179. The highest BCUT2D eigenvalue weighted by molar-refractivity contribution is 8.00. The lowest BCUT2D eigenvalue weighted by molar-refractivity contribution is -0.384. The van der Waals surface area contributed by atoms with Gasteiger partial charge >= 0.3 is 5.97 Å². The maximum atomic E-state index is 13.4. The monoisotopic (exact) mass is 529 g/mol. The Hall–Kier alpha value is -4.44. The van der Waals surface area contributed by atoms with Crippen LogP contribution in [0.4, 0.5) is 5.69 Å². The molecule has 2 atom stereocenters. The lowest BCUT2D eigenvalue weighted by atomic mass is 9.99. The molecule has 10 heteroatoms. The predicted octanol–water partition coefficient (Wildman–Crippen LogP) is 4.46. The number of carbonyl (C=O) groups is 2. The standard InChI is InChI=1S/C28H23N3O6S/c1-36-22-13-9-19(10-14-22)16-37-28(33)25-23(20-5-3-2-4-6-20)17-38-27-24(26(32)30(25)27)29-15-18-7-11-21(12-8-18)31(34)35/h2-15,24,27H,16-17H2,1H3/t24-,27+/m0/s1. The van der Waals surface area contributed by atoms with Crippen LogP contribution >= 0.6 is 11.8 Å². The average Bonchev–Trinajstić information content (AvgIpc) is 2.96. The predicted molar refractivity (Wildman–Crippen MR) is 144 cm³/mol. The Morgan fingerprint density at radius 2 is 1.82 bits per heavy atom. The van der Waals surface area contributed by atoms with Crippen LogP contribution in [-0.4, -0.2) is 52.2 Å². The highest BCUT2D eigenvalue weighted by Gasteiger charge is 2.54. The van der Waals surface area contributed by atoms with Crippen LogP contribution < -0.4 is 4.74 Å². The van der Waals surface area contributed by atoms with Gasteiger partial charge in [-0.1, -0.05) is 42.5 Å². The summed E-state index contributed by atoms with van der Waals surface area (Å²) in [6.07, 6.45) is 1.53. The number of benzene rings is 3. The molecule has 9 nitrogen and oxygen atoms in total. The topological polar surface area (TPSA) is 111 Å². The maximum absolute atomic E-state index is 13.4. The summed E-state index contributed by atoms with van der Waals surface area (Å²) in [4.78, 5) is 43.0. The minimum absolute atomic E-state index is 0.0211. The van der Waals surface area contributed by atoms with Gasteiger partial charge in [-0.05, 0) is 41.0 Å². The van der Waals surface area contributed by atoms with Crippen molar-refractivity contribution >= 4 is 41.1 Å². The number of ether oxygens (including phenoxy) is 2. The van der Waals surface area contributed by atoms with Gasteiger partial charge < -0.3 is 9.47 Å². The van der Waals surface area contributed by atoms with E-state index in [1.54, 1.807) is 31.4 Å². The molecule has 192 valence electrons. The minimum Gasteiger partial charge on any atom is -0.497 e. The van der Waals surface area contributed by atoms with Gasteiger partial charge in [0.1, 0.15) is 23.4 Å². The second kappa shape index (κ2) is 10.9. The van der Waals surface area contributed by atoms with Gasteiger partial charge in [-0.25, -0.2) is 4.79 Å². The Morgan fingerprint density at radius 1 is 1.11 bits per heavy atom. The number of thioether (sulfide) groups is 1. The molecule has 5 rings (SSSR count). The third-order valence-corrected chi connectivity index (χ3v) is 7.54. The zero-order valence-corrected chi connectivity index (χ0v) is 21.2. The fourth-order valence-electron chi connectivity index (χ4n) is 4.24. The molecule has 3 aromatic carbocycles. The molecule has 38 heavy (non-hydrogen) atoms. The van der Waals surface area contributed by atoms with Gasteiger partial charge in [0.2, 0.25) is 0 Å². The molecular weight excluding hydrogens is 506 g/mol. The van der Waals surface area contributed by atoms with E-state index < -0.39 is 16.9 Å². The van der Waals surface area contributed by atoms with Gasteiger partial charge in [-0.2, -0.15) is 0 Å². The zero-order chi connectivity index (χ0) is 26.6. The van der Waals surface area contributed by atoms with Gasteiger partial charge in [-0.15, -0.1) is 11.8 Å².